The van der Waals surface area contributed by atoms with Gasteiger partial charge in [0.05, 0.1) is 22.6 Å². The van der Waals surface area contributed by atoms with Crippen LogP contribution in [0.3, 0.4) is 0 Å². The van der Waals surface area contributed by atoms with Gasteiger partial charge in [-0.25, -0.2) is 4.68 Å². The first kappa shape index (κ1) is 20.1. The maximum atomic E-state index is 13.1. The largest absolute Gasteiger partial charge is 0.336 e. The number of pyridine rings is 1. The van der Waals surface area contributed by atoms with Gasteiger partial charge in [0.2, 0.25) is 0 Å². The first-order valence-electron chi connectivity index (χ1n) is 10.8. The van der Waals surface area contributed by atoms with Crippen LogP contribution in [0, 0.1) is 13.8 Å². The van der Waals surface area contributed by atoms with Crippen molar-refractivity contribution < 1.29 is 9.59 Å². The van der Waals surface area contributed by atoms with E-state index in [2.05, 4.69) is 15.3 Å². The average Bonchev–Trinajstić information content (AvgIpc) is 3.39. The van der Waals surface area contributed by atoms with Crippen LogP contribution in [0.15, 0.2) is 54.7 Å². The minimum atomic E-state index is -0.492. The Hall–Kier alpha value is -3.81. The highest BCUT2D eigenvalue weighted by atomic mass is 16.2. The molecule has 1 fully saturated rings. The second kappa shape index (κ2) is 8.03. The van der Waals surface area contributed by atoms with Crippen molar-refractivity contribution >= 4 is 17.3 Å². The van der Waals surface area contributed by atoms with Crippen LogP contribution in [0.5, 0.6) is 0 Å². The van der Waals surface area contributed by atoms with Crippen molar-refractivity contribution in [3.05, 3.63) is 77.5 Å². The molecule has 4 heterocycles. The lowest BCUT2D eigenvalue weighted by Crippen LogP contribution is -2.42. The molecule has 0 aliphatic carbocycles. The standard InChI is InChI=1S/C24H24N6O2/c1-16-21(17(2)30(27-16)19-8-4-3-5-9-19)22(31)24(32)28-14-11-18(12-15-28)23-26-25-20-10-6-7-13-29(20)23/h3-10,13,18H,11-12,14-15H2,1-2H3. The molecule has 0 saturated carbocycles. The number of ketones is 1. The number of fused-ring (bicyclic) bond motifs is 1. The van der Waals surface area contributed by atoms with Crippen LogP contribution in [0.2, 0.25) is 0 Å². The van der Waals surface area contributed by atoms with Crippen molar-refractivity contribution in [1.82, 2.24) is 29.3 Å². The average molecular weight is 428 g/mol. The fraction of sp³-hybridized carbons (Fsp3) is 0.292. The summed E-state index contributed by atoms with van der Waals surface area (Å²) >= 11 is 0. The van der Waals surface area contributed by atoms with Crippen molar-refractivity contribution in [1.29, 1.82) is 0 Å². The van der Waals surface area contributed by atoms with E-state index in [-0.39, 0.29) is 5.92 Å². The van der Waals surface area contributed by atoms with Gasteiger partial charge in [0, 0.05) is 25.2 Å². The third-order valence-electron chi connectivity index (χ3n) is 6.20. The minimum absolute atomic E-state index is 0.204. The fourth-order valence-electron chi connectivity index (χ4n) is 4.52. The van der Waals surface area contributed by atoms with Gasteiger partial charge in [0.1, 0.15) is 5.82 Å². The number of piperidine rings is 1. The highest BCUT2D eigenvalue weighted by Gasteiger charge is 2.32. The molecule has 0 atom stereocenters. The van der Waals surface area contributed by atoms with Crippen LogP contribution in [0.1, 0.15) is 46.3 Å². The highest BCUT2D eigenvalue weighted by Crippen LogP contribution is 2.28. The van der Waals surface area contributed by atoms with E-state index in [1.54, 1.807) is 16.5 Å². The molecule has 0 spiro atoms. The second-order valence-electron chi connectivity index (χ2n) is 8.18. The molecule has 1 aliphatic heterocycles. The molecule has 5 rings (SSSR count). The number of nitrogens with zero attached hydrogens (tertiary/aromatic N) is 6. The summed E-state index contributed by atoms with van der Waals surface area (Å²) in [5.74, 6) is 0.160. The molecule has 0 radical (unpaired) electrons. The van der Waals surface area contributed by atoms with Crippen molar-refractivity contribution in [2.24, 2.45) is 0 Å². The maximum Gasteiger partial charge on any atom is 0.295 e. The van der Waals surface area contributed by atoms with E-state index >= 15 is 0 Å². The number of rotatable bonds is 4. The molecule has 1 aliphatic rings. The first-order valence-corrected chi connectivity index (χ1v) is 10.8. The quantitative estimate of drug-likeness (QED) is 0.368. The van der Waals surface area contributed by atoms with Crippen LogP contribution in [-0.2, 0) is 4.79 Å². The monoisotopic (exact) mass is 428 g/mol. The number of likely N-dealkylation sites (tertiary alicyclic amines) is 1. The van der Waals surface area contributed by atoms with E-state index in [9.17, 15) is 9.59 Å². The number of carbonyl (C=O) groups excluding carboxylic acids is 2. The molecular formula is C24H24N6O2. The zero-order chi connectivity index (χ0) is 22.2. The Labute approximate surface area is 185 Å². The van der Waals surface area contributed by atoms with E-state index < -0.39 is 11.7 Å². The zero-order valence-corrected chi connectivity index (χ0v) is 18.1. The number of aryl methyl sites for hydroxylation is 1. The third-order valence-corrected chi connectivity index (χ3v) is 6.20. The molecule has 8 heteroatoms. The van der Waals surface area contributed by atoms with Gasteiger partial charge in [0.15, 0.2) is 5.65 Å². The first-order chi connectivity index (χ1) is 15.5. The van der Waals surface area contributed by atoms with Crippen LogP contribution in [-0.4, -0.2) is 54.1 Å². The van der Waals surface area contributed by atoms with E-state index in [0.29, 0.717) is 30.0 Å². The normalized spacial score (nSPS) is 14.8. The predicted octanol–water partition coefficient (Wildman–Crippen LogP) is 3.12. The van der Waals surface area contributed by atoms with Crippen molar-refractivity contribution in [2.75, 3.05) is 13.1 Å². The van der Waals surface area contributed by atoms with E-state index in [0.717, 1.165) is 30.0 Å². The number of para-hydroxylation sites is 1. The summed E-state index contributed by atoms with van der Waals surface area (Å²) < 4.78 is 3.72. The Morgan fingerprint density at radius 1 is 0.938 bits per heavy atom. The lowest BCUT2D eigenvalue weighted by molar-refractivity contribution is -0.127. The molecular weight excluding hydrogens is 404 g/mol. The number of Topliss-reactive ketones (excluding diaryl/α,β-unsaturated/α-hetero) is 1. The molecule has 1 saturated heterocycles. The Kier molecular flexibility index (Phi) is 5.05. The van der Waals surface area contributed by atoms with E-state index in [1.165, 1.54) is 0 Å². The molecule has 4 aromatic rings. The van der Waals surface area contributed by atoms with Gasteiger partial charge < -0.3 is 4.90 Å². The zero-order valence-electron chi connectivity index (χ0n) is 18.1. The number of benzene rings is 1. The molecule has 0 unspecified atom stereocenters. The fourth-order valence-corrected chi connectivity index (χ4v) is 4.52. The highest BCUT2D eigenvalue weighted by molar-refractivity contribution is 6.43. The van der Waals surface area contributed by atoms with Gasteiger partial charge in [-0.1, -0.05) is 24.3 Å². The topological polar surface area (TPSA) is 85.4 Å². The second-order valence-corrected chi connectivity index (χ2v) is 8.18. The van der Waals surface area contributed by atoms with Gasteiger partial charge in [-0.2, -0.15) is 5.10 Å². The smallest absolute Gasteiger partial charge is 0.295 e. The Balaban J connectivity index is 1.32. The summed E-state index contributed by atoms with van der Waals surface area (Å²) in [5.41, 5.74) is 3.31. The number of hydrogen-bond donors (Lipinski definition) is 0. The van der Waals surface area contributed by atoms with Crippen molar-refractivity contribution in [3.8, 4) is 5.69 Å². The lowest BCUT2D eigenvalue weighted by Gasteiger charge is -2.30. The summed E-state index contributed by atoms with van der Waals surface area (Å²) in [4.78, 5) is 27.9. The molecule has 0 N–H and O–H groups in total. The lowest BCUT2D eigenvalue weighted by atomic mass is 9.95. The van der Waals surface area contributed by atoms with E-state index in [4.69, 9.17) is 0 Å². The van der Waals surface area contributed by atoms with Crippen molar-refractivity contribution in [2.45, 2.75) is 32.6 Å². The number of carbonyl (C=O) groups is 2. The van der Waals surface area contributed by atoms with Gasteiger partial charge in [-0.3, -0.25) is 14.0 Å². The Morgan fingerprint density at radius 3 is 2.41 bits per heavy atom. The minimum Gasteiger partial charge on any atom is -0.336 e. The summed E-state index contributed by atoms with van der Waals surface area (Å²) in [6, 6.07) is 15.4. The summed E-state index contributed by atoms with van der Waals surface area (Å²) in [7, 11) is 0. The van der Waals surface area contributed by atoms with Gasteiger partial charge in [-0.05, 0) is 51.0 Å². The van der Waals surface area contributed by atoms with Crippen molar-refractivity contribution in [3.63, 3.8) is 0 Å². The summed E-state index contributed by atoms with van der Waals surface area (Å²) in [6.07, 6.45) is 3.45. The van der Waals surface area contributed by atoms with Gasteiger partial charge in [0.25, 0.3) is 11.7 Å². The predicted molar refractivity (Wildman–Crippen MR) is 119 cm³/mol. The summed E-state index contributed by atoms with van der Waals surface area (Å²) in [5, 5.41) is 13.1. The molecule has 0 bridgehead atoms. The number of aromatic nitrogens is 5. The van der Waals surface area contributed by atoms with Crippen LogP contribution < -0.4 is 0 Å². The molecule has 3 aromatic heterocycles. The Bertz CT molecular complexity index is 1300. The molecule has 1 aromatic carbocycles. The number of amides is 1. The van der Waals surface area contributed by atoms with Crippen LogP contribution >= 0.6 is 0 Å². The number of hydrogen-bond acceptors (Lipinski definition) is 5. The molecule has 8 nitrogen and oxygen atoms in total. The molecule has 162 valence electrons. The van der Waals surface area contributed by atoms with E-state index in [1.807, 2.05) is 66.1 Å². The van der Waals surface area contributed by atoms with Crippen LogP contribution in [0.25, 0.3) is 11.3 Å². The third kappa shape index (κ3) is 3.37. The molecule has 1 amide bonds. The SMILES string of the molecule is Cc1nn(-c2ccccc2)c(C)c1C(=O)C(=O)N1CCC(c2nnc3ccccn23)CC1. The van der Waals surface area contributed by atoms with Crippen LogP contribution in [0.4, 0.5) is 0 Å². The van der Waals surface area contributed by atoms with Gasteiger partial charge >= 0.3 is 0 Å². The Morgan fingerprint density at radius 2 is 1.66 bits per heavy atom. The maximum absolute atomic E-state index is 13.1. The van der Waals surface area contributed by atoms with Gasteiger partial charge in [-0.15, -0.1) is 10.2 Å². The molecule has 32 heavy (non-hydrogen) atoms. The summed E-state index contributed by atoms with van der Waals surface area (Å²) in [6.45, 7) is 4.63.